The van der Waals surface area contributed by atoms with Crippen LogP contribution in [0.2, 0.25) is 0 Å². The third kappa shape index (κ3) is 5.36. The summed E-state index contributed by atoms with van der Waals surface area (Å²) >= 11 is 0. The second kappa shape index (κ2) is 9.39. The number of fused-ring (bicyclic) bond motifs is 1. The van der Waals surface area contributed by atoms with Crippen LogP contribution in [0.3, 0.4) is 0 Å². The van der Waals surface area contributed by atoms with E-state index in [1.165, 1.54) is 0 Å². The molecule has 0 spiro atoms. The SMILES string of the molecule is Cc1cc(NC2CCC(N(C(=O)c3ccccc3C(F)(F)F)C(F)(F)F)CC2)nc2ccccc12. The molecule has 1 aromatic heterocycles. The number of hydrogen-bond acceptors (Lipinski definition) is 3. The largest absolute Gasteiger partial charge is 0.487 e. The normalized spacial score (nSPS) is 18.9. The van der Waals surface area contributed by atoms with E-state index < -0.39 is 35.6 Å². The number of carbonyl (C=O) groups excluding carboxylic acids is 1. The van der Waals surface area contributed by atoms with Gasteiger partial charge in [0.2, 0.25) is 0 Å². The zero-order valence-electron chi connectivity index (χ0n) is 18.7. The lowest BCUT2D eigenvalue weighted by Crippen LogP contribution is -2.51. The van der Waals surface area contributed by atoms with Gasteiger partial charge in [0.05, 0.1) is 16.6 Å². The van der Waals surface area contributed by atoms with Gasteiger partial charge in [0.1, 0.15) is 5.82 Å². The Bertz CT molecular complexity index is 1220. The number of para-hydroxylation sites is 1. The first-order chi connectivity index (χ1) is 16.4. The summed E-state index contributed by atoms with van der Waals surface area (Å²) in [4.78, 5) is 17.0. The van der Waals surface area contributed by atoms with Gasteiger partial charge in [-0.3, -0.25) is 4.79 Å². The summed E-state index contributed by atoms with van der Waals surface area (Å²) in [6.45, 7) is 1.94. The van der Waals surface area contributed by atoms with E-state index in [2.05, 4.69) is 10.3 Å². The van der Waals surface area contributed by atoms with Crippen LogP contribution in [0.25, 0.3) is 10.9 Å². The average Bonchev–Trinajstić information content (AvgIpc) is 2.79. The number of alkyl halides is 6. The van der Waals surface area contributed by atoms with Gasteiger partial charge in [0.25, 0.3) is 5.91 Å². The maximum atomic E-state index is 13.9. The van der Waals surface area contributed by atoms with Gasteiger partial charge in [-0.05, 0) is 62.4 Å². The second-order valence-corrected chi connectivity index (χ2v) is 8.68. The van der Waals surface area contributed by atoms with Crippen molar-refractivity contribution in [2.75, 3.05) is 5.32 Å². The molecule has 1 fully saturated rings. The monoisotopic (exact) mass is 495 g/mol. The van der Waals surface area contributed by atoms with Crippen molar-refractivity contribution < 1.29 is 31.1 Å². The number of nitrogens with zero attached hydrogens (tertiary/aromatic N) is 2. The van der Waals surface area contributed by atoms with Gasteiger partial charge < -0.3 is 5.32 Å². The maximum absolute atomic E-state index is 13.9. The fourth-order valence-corrected chi connectivity index (χ4v) is 4.65. The number of rotatable bonds is 4. The van der Waals surface area contributed by atoms with E-state index in [1.54, 1.807) is 0 Å². The highest BCUT2D eigenvalue weighted by molar-refractivity contribution is 5.96. The number of pyridine rings is 1. The molecule has 0 radical (unpaired) electrons. The molecule has 35 heavy (non-hydrogen) atoms. The van der Waals surface area contributed by atoms with E-state index in [4.69, 9.17) is 0 Å². The third-order valence-corrected chi connectivity index (χ3v) is 6.29. The van der Waals surface area contributed by atoms with Crippen molar-refractivity contribution in [1.29, 1.82) is 0 Å². The van der Waals surface area contributed by atoms with Crippen LogP contribution in [-0.2, 0) is 6.18 Å². The van der Waals surface area contributed by atoms with Crippen LogP contribution in [-0.4, -0.2) is 34.2 Å². The van der Waals surface area contributed by atoms with Crippen molar-refractivity contribution in [2.45, 2.75) is 57.2 Å². The zero-order valence-corrected chi connectivity index (χ0v) is 18.7. The molecule has 2 aromatic carbocycles. The highest BCUT2D eigenvalue weighted by atomic mass is 19.4. The molecule has 1 aliphatic rings. The predicted octanol–water partition coefficient (Wildman–Crippen LogP) is 6.95. The Labute approximate surface area is 197 Å². The molecule has 1 N–H and O–H groups in total. The molecule has 0 unspecified atom stereocenters. The summed E-state index contributed by atoms with van der Waals surface area (Å²) in [6.07, 6.45) is -9.47. The number of halogens is 6. The van der Waals surface area contributed by atoms with Crippen LogP contribution in [0.15, 0.2) is 54.6 Å². The Morgan fingerprint density at radius 3 is 2.23 bits per heavy atom. The van der Waals surface area contributed by atoms with Crippen molar-refractivity contribution in [3.8, 4) is 0 Å². The number of amides is 1. The molecule has 0 bridgehead atoms. The minimum atomic E-state index is -5.11. The first-order valence-electron chi connectivity index (χ1n) is 11.1. The Hall–Kier alpha value is -3.30. The number of aromatic nitrogens is 1. The molecule has 186 valence electrons. The Morgan fingerprint density at radius 1 is 0.943 bits per heavy atom. The number of hydrogen-bond donors (Lipinski definition) is 1. The number of nitrogens with one attached hydrogen (secondary N) is 1. The molecule has 1 aliphatic carbocycles. The summed E-state index contributed by atoms with van der Waals surface area (Å²) in [5.74, 6) is -1.08. The highest BCUT2D eigenvalue weighted by Crippen LogP contribution is 2.37. The summed E-state index contributed by atoms with van der Waals surface area (Å²) in [5.41, 5.74) is -0.592. The third-order valence-electron chi connectivity index (χ3n) is 6.29. The molecular formula is C25H23F6N3O. The lowest BCUT2D eigenvalue weighted by molar-refractivity contribution is -0.239. The highest BCUT2D eigenvalue weighted by Gasteiger charge is 2.48. The fraction of sp³-hybridized carbons (Fsp3) is 0.360. The summed E-state index contributed by atoms with van der Waals surface area (Å²) in [5, 5.41) is 4.26. The summed E-state index contributed by atoms with van der Waals surface area (Å²) in [7, 11) is 0. The molecule has 4 rings (SSSR count). The average molecular weight is 495 g/mol. The van der Waals surface area contributed by atoms with Crippen LogP contribution in [0.4, 0.5) is 32.2 Å². The summed E-state index contributed by atoms with van der Waals surface area (Å²) in [6, 6.07) is 11.6. The predicted molar refractivity (Wildman–Crippen MR) is 120 cm³/mol. The van der Waals surface area contributed by atoms with E-state index >= 15 is 0 Å². The first kappa shape index (κ1) is 24.8. The molecule has 1 amide bonds. The topological polar surface area (TPSA) is 45.2 Å². The minimum absolute atomic E-state index is 0.0103. The van der Waals surface area contributed by atoms with Crippen LogP contribution < -0.4 is 5.32 Å². The van der Waals surface area contributed by atoms with E-state index in [0.29, 0.717) is 24.7 Å². The molecule has 0 aliphatic heterocycles. The first-order valence-corrected chi connectivity index (χ1v) is 11.1. The molecule has 1 heterocycles. The van der Waals surface area contributed by atoms with E-state index in [0.717, 1.165) is 34.7 Å². The van der Waals surface area contributed by atoms with Gasteiger partial charge in [-0.2, -0.15) is 13.2 Å². The smallest absolute Gasteiger partial charge is 0.367 e. The number of aryl methyl sites for hydroxylation is 1. The second-order valence-electron chi connectivity index (χ2n) is 8.68. The molecule has 0 saturated heterocycles. The van der Waals surface area contributed by atoms with E-state index in [9.17, 15) is 31.1 Å². The quantitative estimate of drug-likeness (QED) is 0.315. The number of carbonyl (C=O) groups is 1. The van der Waals surface area contributed by atoms with Crippen LogP contribution in [0, 0.1) is 6.92 Å². The fourth-order valence-electron chi connectivity index (χ4n) is 4.65. The van der Waals surface area contributed by atoms with Gasteiger partial charge in [-0.15, -0.1) is 13.2 Å². The summed E-state index contributed by atoms with van der Waals surface area (Å²) < 4.78 is 81.7. The van der Waals surface area contributed by atoms with E-state index in [1.807, 2.05) is 37.3 Å². The van der Waals surface area contributed by atoms with Gasteiger partial charge in [-0.1, -0.05) is 30.3 Å². The van der Waals surface area contributed by atoms with Crippen LogP contribution in [0.5, 0.6) is 0 Å². The molecular weight excluding hydrogens is 472 g/mol. The maximum Gasteiger partial charge on any atom is 0.487 e. The molecule has 0 atom stereocenters. The molecule has 1 saturated carbocycles. The molecule has 10 heteroatoms. The van der Waals surface area contributed by atoms with Crippen LogP contribution in [0.1, 0.15) is 47.2 Å². The van der Waals surface area contributed by atoms with Crippen LogP contribution >= 0.6 is 0 Å². The number of benzene rings is 2. The number of anilines is 1. The molecule has 4 nitrogen and oxygen atoms in total. The lowest BCUT2D eigenvalue weighted by Gasteiger charge is -2.38. The van der Waals surface area contributed by atoms with Gasteiger partial charge in [-0.25, -0.2) is 9.88 Å². The van der Waals surface area contributed by atoms with Crippen molar-refractivity contribution in [3.63, 3.8) is 0 Å². The van der Waals surface area contributed by atoms with Crippen molar-refractivity contribution >= 4 is 22.6 Å². The standard InChI is InChI=1S/C25H23F6N3O/c1-15-14-22(33-21-9-5-3-6-18(15)21)32-16-10-12-17(13-11-16)34(25(29,30)31)23(35)19-7-2-4-8-20(19)24(26,27)28/h2-9,14,16-17H,10-13H2,1H3,(H,32,33). The zero-order chi connectivity index (χ0) is 25.4. The van der Waals surface area contributed by atoms with Gasteiger partial charge in [0, 0.05) is 17.5 Å². The molecule has 3 aromatic rings. The van der Waals surface area contributed by atoms with Gasteiger partial charge in [0.15, 0.2) is 0 Å². The van der Waals surface area contributed by atoms with E-state index in [-0.39, 0.29) is 23.8 Å². The minimum Gasteiger partial charge on any atom is -0.367 e. The van der Waals surface area contributed by atoms with Crippen molar-refractivity contribution in [2.24, 2.45) is 0 Å². The van der Waals surface area contributed by atoms with Crippen molar-refractivity contribution in [3.05, 3.63) is 71.3 Å². The lowest BCUT2D eigenvalue weighted by atomic mass is 9.89. The van der Waals surface area contributed by atoms with Crippen molar-refractivity contribution in [1.82, 2.24) is 9.88 Å². The Morgan fingerprint density at radius 2 is 1.57 bits per heavy atom. The Kier molecular flexibility index (Phi) is 6.66. The Balaban J connectivity index is 1.50. The van der Waals surface area contributed by atoms with Gasteiger partial charge >= 0.3 is 12.5 Å².